The van der Waals surface area contributed by atoms with Gasteiger partial charge in [0, 0.05) is 5.56 Å². The fraction of sp³-hybridized carbons (Fsp3) is 0.0667. The highest BCUT2D eigenvalue weighted by Gasteiger charge is 2.23. The highest BCUT2D eigenvalue weighted by atomic mass is 127. The van der Waals surface area contributed by atoms with E-state index in [9.17, 15) is 9.90 Å². The molecule has 0 unspecified atom stereocenters. The van der Waals surface area contributed by atoms with E-state index < -0.39 is 5.97 Å². The van der Waals surface area contributed by atoms with Gasteiger partial charge in [-0.05, 0) is 35.6 Å². The van der Waals surface area contributed by atoms with Crippen molar-refractivity contribution in [1.29, 1.82) is 0 Å². The molecule has 5 nitrogen and oxygen atoms in total. The van der Waals surface area contributed by atoms with E-state index in [0.29, 0.717) is 26.1 Å². The Morgan fingerprint density at radius 2 is 2.00 bits per heavy atom. The van der Waals surface area contributed by atoms with Crippen LogP contribution in [0.3, 0.4) is 0 Å². The van der Waals surface area contributed by atoms with Crippen molar-refractivity contribution < 1.29 is 14.3 Å². The molecule has 2 aromatic heterocycles. The van der Waals surface area contributed by atoms with E-state index in [4.69, 9.17) is 10.2 Å². The average Bonchev–Trinajstić information content (AvgIpc) is 2.78. The minimum Gasteiger partial charge on any atom is -0.478 e. The van der Waals surface area contributed by atoms with E-state index in [1.807, 2.05) is 53.8 Å². The highest BCUT2D eigenvalue weighted by Crippen LogP contribution is 2.34. The van der Waals surface area contributed by atoms with Crippen LogP contribution in [-0.4, -0.2) is 16.1 Å². The maximum Gasteiger partial charge on any atom is 0.340 e. The lowest BCUT2D eigenvalue weighted by molar-refractivity contribution is 0.0699. The number of hydrogen-bond donors (Lipinski definition) is 2. The second-order valence-electron chi connectivity index (χ2n) is 4.69. The summed E-state index contributed by atoms with van der Waals surface area (Å²) in [5, 5.41) is 9.96. The first-order valence-electron chi connectivity index (χ1n) is 6.16. The first-order chi connectivity index (χ1) is 9.97. The van der Waals surface area contributed by atoms with Gasteiger partial charge in [-0.2, -0.15) is 4.98 Å². The smallest absolute Gasteiger partial charge is 0.340 e. The fourth-order valence-electron chi connectivity index (χ4n) is 2.13. The molecule has 0 aliphatic carbocycles. The van der Waals surface area contributed by atoms with Crippen molar-refractivity contribution >= 4 is 45.5 Å². The third-order valence-electron chi connectivity index (χ3n) is 3.19. The van der Waals surface area contributed by atoms with Crippen LogP contribution in [0.25, 0.3) is 22.4 Å². The Morgan fingerprint density at radius 3 is 2.62 bits per heavy atom. The number of hydrogen-bond acceptors (Lipinski definition) is 4. The largest absolute Gasteiger partial charge is 0.478 e. The molecule has 0 aliphatic rings. The Hall–Kier alpha value is -2.09. The Balaban J connectivity index is 2.34. The second-order valence-corrected chi connectivity index (χ2v) is 5.85. The molecular weight excluding hydrogens is 383 g/mol. The molecule has 0 atom stereocenters. The molecule has 0 spiro atoms. The predicted molar refractivity (Wildman–Crippen MR) is 88.3 cm³/mol. The highest BCUT2D eigenvalue weighted by molar-refractivity contribution is 14.1. The van der Waals surface area contributed by atoms with E-state index in [1.165, 1.54) is 0 Å². The SMILES string of the molecule is Cc1ccc(-c2oc3nc(N)c(I)cc3c2C(=O)O)cc1. The van der Waals surface area contributed by atoms with Crippen molar-refractivity contribution in [2.75, 3.05) is 5.73 Å². The molecule has 3 N–H and O–H groups in total. The average molecular weight is 394 g/mol. The molecule has 0 radical (unpaired) electrons. The number of nitrogens with two attached hydrogens (primary N) is 1. The summed E-state index contributed by atoms with van der Waals surface area (Å²) >= 11 is 2.02. The number of carboxylic acids is 1. The summed E-state index contributed by atoms with van der Waals surface area (Å²) in [6.07, 6.45) is 0. The van der Waals surface area contributed by atoms with Crippen molar-refractivity contribution in [3.05, 3.63) is 45.0 Å². The van der Waals surface area contributed by atoms with Crippen molar-refractivity contribution in [1.82, 2.24) is 4.98 Å². The summed E-state index contributed by atoms with van der Waals surface area (Å²) in [6, 6.07) is 9.14. The van der Waals surface area contributed by atoms with Gasteiger partial charge in [0.25, 0.3) is 0 Å². The minimum atomic E-state index is -1.05. The van der Waals surface area contributed by atoms with Gasteiger partial charge < -0.3 is 15.3 Å². The summed E-state index contributed by atoms with van der Waals surface area (Å²) in [5.74, 6) is -0.428. The molecule has 3 aromatic rings. The summed E-state index contributed by atoms with van der Waals surface area (Å²) in [7, 11) is 0. The van der Waals surface area contributed by atoms with Gasteiger partial charge in [0.05, 0.1) is 8.96 Å². The third kappa shape index (κ3) is 2.35. The molecular formula is C15H11IN2O3. The Kier molecular flexibility index (Phi) is 3.32. The van der Waals surface area contributed by atoms with Crippen LogP contribution in [0.5, 0.6) is 0 Å². The Morgan fingerprint density at radius 1 is 1.33 bits per heavy atom. The standard InChI is InChI=1S/C15H11IN2O3/c1-7-2-4-8(5-3-7)12-11(15(19)20)9-6-10(16)13(17)18-14(9)21-12/h2-6H,1H3,(H2,17,18)(H,19,20). The molecule has 2 heterocycles. The second kappa shape index (κ2) is 5.03. The van der Waals surface area contributed by atoms with Crippen LogP contribution in [0.15, 0.2) is 34.7 Å². The molecule has 0 saturated carbocycles. The number of aromatic carboxylic acids is 1. The van der Waals surface area contributed by atoms with Crippen molar-refractivity contribution in [2.45, 2.75) is 6.92 Å². The predicted octanol–water partition coefficient (Wildman–Crippen LogP) is 3.69. The Labute approximate surface area is 133 Å². The molecule has 0 amide bonds. The molecule has 6 heteroatoms. The third-order valence-corrected chi connectivity index (χ3v) is 4.05. The number of anilines is 1. The molecule has 1 aromatic carbocycles. The van der Waals surface area contributed by atoms with E-state index in [2.05, 4.69) is 4.98 Å². The van der Waals surface area contributed by atoms with Gasteiger partial charge >= 0.3 is 5.97 Å². The number of carboxylic acid groups (broad SMARTS) is 1. The lowest BCUT2D eigenvalue weighted by atomic mass is 10.1. The number of nitrogens with zero attached hydrogens (tertiary/aromatic N) is 1. The monoisotopic (exact) mass is 394 g/mol. The number of rotatable bonds is 2. The van der Waals surface area contributed by atoms with E-state index in [-0.39, 0.29) is 11.3 Å². The molecule has 0 saturated heterocycles. The number of nitrogen functional groups attached to an aromatic ring is 1. The number of benzene rings is 1. The maximum atomic E-state index is 11.6. The van der Waals surface area contributed by atoms with Crippen LogP contribution in [0, 0.1) is 10.5 Å². The topological polar surface area (TPSA) is 89.4 Å². The lowest BCUT2D eigenvalue weighted by Gasteiger charge is -2.00. The summed E-state index contributed by atoms with van der Waals surface area (Å²) in [4.78, 5) is 15.7. The summed E-state index contributed by atoms with van der Waals surface area (Å²) < 4.78 is 6.34. The van der Waals surface area contributed by atoms with Crippen LogP contribution in [0.1, 0.15) is 15.9 Å². The van der Waals surface area contributed by atoms with Crippen molar-refractivity contribution in [3.63, 3.8) is 0 Å². The van der Waals surface area contributed by atoms with Crippen LogP contribution in [-0.2, 0) is 0 Å². The first-order valence-corrected chi connectivity index (χ1v) is 7.24. The zero-order valence-electron chi connectivity index (χ0n) is 11.1. The summed E-state index contributed by atoms with van der Waals surface area (Å²) in [5.41, 5.74) is 7.89. The maximum absolute atomic E-state index is 11.6. The van der Waals surface area contributed by atoms with Crippen LogP contribution in [0.4, 0.5) is 5.82 Å². The number of fused-ring (bicyclic) bond motifs is 1. The van der Waals surface area contributed by atoms with E-state index in [1.54, 1.807) is 6.07 Å². The van der Waals surface area contributed by atoms with Gasteiger partial charge in [-0.25, -0.2) is 4.79 Å². The number of furan rings is 1. The molecule has 3 rings (SSSR count). The van der Waals surface area contributed by atoms with Gasteiger partial charge in [-0.15, -0.1) is 0 Å². The van der Waals surface area contributed by atoms with Gasteiger partial charge in [-0.3, -0.25) is 0 Å². The first kappa shape index (κ1) is 13.9. The van der Waals surface area contributed by atoms with Gasteiger partial charge in [-0.1, -0.05) is 29.8 Å². The number of aromatic nitrogens is 1. The van der Waals surface area contributed by atoms with Crippen LogP contribution in [0.2, 0.25) is 0 Å². The normalized spacial score (nSPS) is 11.0. The number of carbonyl (C=O) groups is 1. The van der Waals surface area contributed by atoms with E-state index in [0.717, 1.165) is 5.56 Å². The summed E-state index contributed by atoms with van der Waals surface area (Å²) in [6.45, 7) is 1.96. The number of halogens is 1. The zero-order chi connectivity index (χ0) is 15.1. The number of aryl methyl sites for hydroxylation is 1. The van der Waals surface area contributed by atoms with Crippen molar-refractivity contribution in [2.24, 2.45) is 0 Å². The number of pyridine rings is 1. The molecule has 0 aliphatic heterocycles. The van der Waals surface area contributed by atoms with E-state index >= 15 is 0 Å². The Bertz CT molecular complexity index is 853. The van der Waals surface area contributed by atoms with Gasteiger partial charge in [0.15, 0.2) is 5.76 Å². The zero-order valence-corrected chi connectivity index (χ0v) is 13.2. The van der Waals surface area contributed by atoms with Crippen LogP contribution < -0.4 is 5.73 Å². The minimum absolute atomic E-state index is 0.110. The van der Waals surface area contributed by atoms with Gasteiger partial charge in [0.2, 0.25) is 5.71 Å². The van der Waals surface area contributed by atoms with Crippen LogP contribution >= 0.6 is 22.6 Å². The quantitative estimate of drug-likeness (QED) is 0.648. The molecule has 0 bridgehead atoms. The fourth-order valence-corrected chi connectivity index (χ4v) is 2.56. The van der Waals surface area contributed by atoms with Gasteiger partial charge in [0.1, 0.15) is 11.4 Å². The molecule has 0 fully saturated rings. The molecule has 21 heavy (non-hydrogen) atoms. The lowest BCUT2D eigenvalue weighted by Crippen LogP contribution is -1.98. The van der Waals surface area contributed by atoms with Crippen molar-refractivity contribution in [3.8, 4) is 11.3 Å². The molecule has 106 valence electrons.